The van der Waals surface area contributed by atoms with Crippen LogP contribution in [0.1, 0.15) is 12.5 Å². The highest BCUT2D eigenvalue weighted by Gasteiger charge is 2.28. The summed E-state index contributed by atoms with van der Waals surface area (Å²) in [7, 11) is 0. The summed E-state index contributed by atoms with van der Waals surface area (Å²) in [4.78, 5) is 18.4. The van der Waals surface area contributed by atoms with Gasteiger partial charge in [0.2, 0.25) is 17.0 Å². The summed E-state index contributed by atoms with van der Waals surface area (Å²) in [5, 5.41) is 6.75. The van der Waals surface area contributed by atoms with Gasteiger partial charge in [-0.2, -0.15) is 4.98 Å². The average molecular weight is 289 g/mol. The SMILES string of the molecule is C[C@@H](Sc1n[nH]c(N)n1)C(=O)N1CCc2ccccc21. The van der Waals surface area contributed by atoms with Gasteiger partial charge in [0.05, 0.1) is 5.25 Å². The fraction of sp³-hybridized carbons (Fsp3) is 0.308. The fourth-order valence-corrected chi connectivity index (χ4v) is 3.10. The zero-order chi connectivity index (χ0) is 14.1. The van der Waals surface area contributed by atoms with Crippen molar-refractivity contribution in [3.05, 3.63) is 29.8 Å². The quantitative estimate of drug-likeness (QED) is 0.835. The Morgan fingerprint density at radius 1 is 1.50 bits per heavy atom. The first-order valence-electron chi connectivity index (χ1n) is 6.39. The lowest BCUT2D eigenvalue weighted by molar-refractivity contribution is -0.117. The van der Waals surface area contributed by atoms with Crippen LogP contribution in [0.25, 0.3) is 0 Å². The molecule has 0 spiro atoms. The maximum absolute atomic E-state index is 12.5. The molecule has 0 bridgehead atoms. The third-order valence-electron chi connectivity index (χ3n) is 3.27. The number of aromatic nitrogens is 3. The van der Waals surface area contributed by atoms with Gasteiger partial charge in [0.1, 0.15) is 0 Å². The fourth-order valence-electron chi connectivity index (χ4n) is 2.31. The summed E-state index contributed by atoms with van der Waals surface area (Å²) < 4.78 is 0. The largest absolute Gasteiger partial charge is 0.368 e. The number of fused-ring (bicyclic) bond motifs is 1. The average Bonchev–Trinajstić information content (AvgIpc) is 3.04. The highest BCUT2D eigenvalue weighted by Crippen LogP contribution is 2.30. The Kier molecular flexibility index (Phi) is 3.35. The van der Waals surface area contributed by atoms with Crippen LogP contribution in [0.5, 0.6) is 0 Å². The van der Waals surface area contributed by atoms with E-state index in [0.29, 0.717) is 5.16 Å². The Balaban J connectivity index is 1.73. The molecule has 0 fully saturated rings. The standard InChI is InChI=1S/C13H15N5OS/c1-8(20-13-15-12(14)16-17-13)11(19)18-7-6-9-4-2-3-5-10(9)18/h2-5,8H,6-7H2,1H3,(H3,14,15,16,17)/t8-/m1/s1. The van der Waals surface area contributed by atoms with Gasteiger partial charge in [-0.15, -0.1) is 5.10 Å². The molecular formula is C13H15N5OS. The molecule has 1 atom stereocenters. The summed E-state index contributed by atoms with van der Waals surface area (Å²) in [5.41, 5.74) is 7.71. The smallest absolute Gasteiger partial charge is 0.240 e. The van der Waals surface area contributed by atoms with E-state index in [4.69, 9.17) is 5.73 Å². The zero-order valence-electron chi connectivity index (χ0n) is 11.0. The van der Waals surface area contributed by atoms with E-state index in [1.165, 1.54) is 17.3 Å². The molecule has 104 valence electrons. The number of para-hydroxylation sites is 1. The van der Waals surface area contributed by atoms with E-state index >= 15 is 0 Å². The van der Waals surface area contributed by atoms with E-state index in [9.17, 15) is 4.79 Å². The Morgan fingerprint density at radius 2 is 2.30 bits per heavy atom. The second-order valence-electron chi connectivity index (χ2n) is 4.63. The van der Waals surface area contributed by atoms with Gasteiger partial charge in [-0.3, -0.25) is 4.79 Å². The minimum absolute atomic E-state index is 0.0725. The molecule has 20 heavy (non-hydrogen) atoms. The normalized spacial score (nSPS) is 15.2. The Bertz CT molecular complexity index is 641. The van der Waals surface area contributed by atoms with Crippen LogP contribution in [0.4, 0.5) is 11.6 Å². The van der Waals surface area contributed by atoms with Crippen LogP contribution in [0.3, 0.4) is 0 Å². The van der Waals surface area contributed by atoms with Crippen molar-refractivity contribution >= 4 is 29.3 Å². The molecule has 1 aromatic heterocycles. The maximum atomic E-state index is 12.5. The summed E-state index contributed by atoms with van der Waals surface area (Å²) in [6.07, 6.45) is 0.910. The van der Waals surface area contributed by atoms with Crippen molar-refractivity contribution in [3.63, 3.8) is 0 Å². The molecule has 1 aromatic carbocycles. The number of carbonyl (C=O) groups is 1. The number of anilines is 2. The number of nitrogens with two attached hydrogens (primary N) is 1. The predicted octanol–water partition coefficient (Wildman–Crippen LogP) is 1.46. The molecule has 6 nitrogen and oxygen atoms in total. The monoisotopic (exact) mass is 289 g/mol. The van der Waals surface area contributed by atoms with E-state index in [1.54, 1.807) is 0 Å². The summed E-state index contributed by atoms with van der Waals surface area (Å²) in [6, 6.07) is 8.01. The van der Waals surface area contributed by atoms with Gasteiger partial charge in [0, 0.05) is 12.2 Å². The summed E-state index contributed by atoms with van der Waals surface area (Å²) >= 11 is 1.31. The van der Waals surface area contributed by atoms with Gasteiger partial charge in [-0.1, -0.05) is 30.0 Å². The second-order valence-corrected chi connectivity index (χ2v) is 5.94. The van der Waals surface area contributed by atoms with Crippen LogP contribution < -0.4 is 10.6 Å². The van der Waals surface area contributed by atoms with Crippen molar-refractivity contribution in [2.75, 3.05) is 17.2 Å². The molecular weight excluding hydrogens is 274 g/mol. The van der Waals surface area contributed by atoms with Crippen molar-refractivity contribution in [2.45, 2.75) is 23.8 Å². The van der Waals surface area contributed by atoms with Gasteiger partial charge in [0.15, 0.2) is 0 Å². The molecule has 1 amide bonds. The van der Waals surface area contributed by atoms with Gasteiger partial charge in [-0.05, 0) is 25.0 Å². The van der Waals surface area contributed by atoms with E-state index < -0.39 is 0 Å². The van der Waals surface area contributed by atoms with Crippen LogP contribution in [-0.2, 0) is 11.2 Å². The van der Waals surface area contributed by atoms with Gasteiger partial charge < -0.3 is 10.6 Å². The number of amides is 1. The van der Waals surface area contributed by atoms with Crippen molar-refractivity contribution in [3.8, 4) is 0 Å². The van der Waals surface area contributed by atoms with E-state index in [1.807, 2.05) is 30.0 Å². The maximum Gasteiger partial charge on any atom is 0.240 e. The number of H-pyrrole nitrogens is 1. The zero-order valence-corrected chi connectivity index (χ0v) is 11.9. The topological polar surface area (TPSA) is 87.9 Å². The number of nitrogens with one attached hydrogen (secondary N) is 1. The van der Waals surface area contributed by atoms with Gasteiger partial charge in [-0.25, -0.2) is 5.10 Å². The Morgan fingerprint density at radius 3 is 3.05 bits per heavy atom. The van der Waals surface area contributed by atoms with Crippen molar-refractivity contribution in [2.24, 2.45) is 0 Å². The minimum atomic E-state index is -0.253. The van der Waals surface area contributed by atoms with Crippen molar-refractivity contribution in [1.29, 1.82) is 0 Å². The molecule has 0 saturated heterocycles. The van der Waals surface area contributed by atoms with Crippen molar-refractivity contribution < 1.29 is 4.79 Å². The van der Waals surface area contributed by atoms with Crippen LogP contribution in [0.2, 0.25) is 0 Å². The molecule has 0 aliphatic carbocycles. The number of rotatable bonds is 3. The highest BCUT2D eigenvalue weighted by atomic mass is 32.2. The number of hydrogen-bond acceptors (Lipinski definition) is 5. The third kappa shape index (κ3) is 2.36. The van der Waals surface area contributed by atoms with E-state index in [-0.39, 0.29) is 17.1 Å². The molecule has 3 rings (SSSR count). The number of hydrogen-bond donors (Lipinski definition) is 2. The molecule has 0 radical (unpaired) electrons. The lowest BCUT2D eigenvalue weighted by Crippen LogP contribution is -2.35. The number of carbonyl (C=O) groups excluding carboxylic acids is 1. The van der Waals surface area contributed by atoms with Crippen LogP contribution in [0, 0.1) is 0 Å². The van der Waals surface area contributed by atoms with Crippen molar-refractivity contribution in [1.82, 2.24) is 15.2 Å². The van der Waals surface area contributed by atoms with E-state index in [0.717, 1.165) is 18.7 Å². The molecule has 1 aliphatic heterocycles. The molecule has 0 saturated carbocycles. The second kappa shape index (κ2) is 5.16. The predicted molar refractivity (Wildman–Crippen MR) is 78.6 cm³/mol. The minimum Gasteiger partial charge on any atom is -0.368 e. The van der Waals surface area contributed by atoms with Crippen LogP contribution >= 0.6 is 11.8 Å². The number of thioether (sulfide) groups is 1. The third-order valence-corrected chi connectivity index (χ3v) is 4.21. The molecule has 7 heteroatoms. The molecule has 2 aromatic rings. The number of benzene rings is 1. The number of aromatic amines is 1. The number of nitrogen functional groups attached to an aromatic ring is 1. The highest BCUT2D eigenvalue weighted by molar-refractivity contribution is 8.00. The van der Waals surface area contributed by atoms with Gasteiger partial charge in [0.25, 0.3) is 0 Å². The Hall–Kier alpha value is -2.02. The Labute approximate surface area is 120 Å². The molecule has 1 aliphatic rings. The van der Waals surface area contributed by atoms with Crippen LogP contribution in [-0.4, -0.2) is 32.9 Å². The lowest BCUT2D eigenvalue weighted by Gasteiger charge is -2.20. The molecule has 2 heterocycles. The first-order chi connectivity index (χ1) is 9.65. The number of nitrogens with zero attached hydrogens (tertiary/aromatic N) is 3. The van der Waals surface area contributed by atoms with Gasteiger partial charge >= 0.3 is 0 Å². The summed E-state index contributed by atoms with van der Waals surface area (Å²) in [6.45, 7) is 2.60. The molecule has 3 N–H and O–H groups in total. The van der Waals surface area contributed by atoms with Crippen LogP contribution in [0.15, 0.2) is 29.4 Å². The lowest BCUT2D eigenvalue weighted by atomic mass is 10.2. The first kappa shape index (κ1) is 13.0. The first-order valence-corrected chi connectivity index (χ1v) is 7.27. The molecule has 0 unspecified atom stereocenters. The van der Waals surface area contributed by atoms with E-state index in [2.05, 4.69) is 21.2 Å². The summed E-state index contributed by atoms with van der Waals surface area (Å²) in [5.74, 6) is 0.335.